The van der Waals surface area contributed by atoms with E-state index in [4.69, 9.17) is 0 Å². The number of hydrogen-bond donors (Lipinski definition) is 1. The molecule has 0 spiro atoms. The Morgan fingerprint density at radius 1 is 1.33 bits per heavy atom. The highest BCUT2D eigenvalue weighted by Gasteiger charge is 2.23. The first-order valence-corrected chi connectivity index (χ1v) is 7.44. The molecule has 0 aromatic heterocycles. The van der Waals surface area contributed by atoms with E-state index >= 15 is 0 Å². The van der Waals surface area contributed by atoms with Gasteiger partial charge < -0.3 is 10.2 Å². The first-order chi connectivity index (χ1) is 10.1. The largest absolute Gasteiger partial charge is 0.349 e. The minimum atomic E-state index is -0.414. The van der Waals surface area contributed by atoms with Crippen LogP contribution in [-0.4, -0.2) is 35.8 Å². The Labute approximate surface area is 124 Å². The summed E-state index contributed by atoms with van der Waals surface area (Å²) in [6, 6.07) is 5.71. The molecule has 2 amide bonds. The second-order valence-corrected chi connectivity index (χ2v) is 5.39. The van der Waals surface area contributed by atoms with Gasteiger partial charge in [0.25, 0.3) is 5.91 Å². The summed E-state index contributed by atoms with van der Waals surface area (Å²) in [6.45, 7) is 3.34. The highest BCUT2D eigenvalue weighted by molar-refractivity contribution is 5.94. The summed E-state index contributed by atoms with van der Waals surface area (Å²) in [7, 11) is 0. The van der Waals surface area contributed by atoms with Gasteiger partial charge in [-0.15, -0.1) is 0 Å². The molecule has 1 aromatic carbocycles. The standard InChI is InChI=1S/C16H21FN2O2/c1-2-4-15(20)19-9-7-14(8-10-19)18-16(21)12-5-3-6-13(17)11-12/h3,5-6,11,14H,2,4,7-10H2,1H3,(H,18,21). The fourth-order valence-electron chi connectivity index (χ4n) is 2.54. The lowest BCUT2D eigenvalue weighted by Crippen LogP contribution is -2.46. The fourth-order valence-corrected chi connectivity index (χ4v) is 2.54. The molecule has 1 N–H and O–H groups in total. The van der Waals surface area contributed by atoms with Gasteiger partial charge in [-0.2, -0.15) is 0 Å². The highest BCUT2D eigenvalue weighted by Crippen LogP contribution is 2.13. The summed E-state index contributed by atoms with van der Waals surface area (Å²) in [5.41, 5.74) is 0.333. The van der Waals surface area contributed by atoms with Crippen molar-refractivity contribution in [2.24, 2.45) is 0 Å². The van der Waals surface area contributed by atoms with Gasteiger partial charge in [0.05, 0.1) is 0 Å². The van der Waals surface area contributed by atoms with E-state index in [1.165, 1.54) is 18.2 Å². The van der Waals surface area contributed by atoms with Gasteiger partial charge in [0.15, 0.2) is 0 Å². The molecule has 1 heterocycles. The minimum Gasteiger partial charge on any atom is -0.349 e. The molecular formula is C16H21FN2O2. The van der Waals surface area contributed by atoms with Crippen molar-refractivity contribution in [3.8, 4) is 0 Å². The van der Waals surface area contributed by atoms with Crippen molar-refractivity contribution in [2.45, 2.75) is 38.6 Å². The van der Waals surface area contributed by atoms with Gasteiger partial charge in [0.2, 0.25) is 5.91 Å². The first kappa shape index (κ1) is 15.5. The molecule has 1 saturated heterocycles. The summed E-state index contributed by atoms with van der Waals surface area (Å²) < 4.78 is 13.1. The molecule has 0 atom stereocenters. The molecule has 0 saturated carbocycles. The summed E-state index contributed by atoms with van der Waals surface area (Å²) in [6.07, 6.45) is 2.93. The number of halogens is 1. The van der Waals surface area contributed by atoms with Crippen molar-refractivity contribution in [3.63, 3.8) is 0 Å². The minimum absolute atomic E-state index is 0.0476. The number of piperidine rings is 1. The molecular weight excluding hydrogens is 271 g/mol. The summed E-state index contributed by atoms with van der Waals surface area (Å²) in [4.78, 5) is 25.7. The monoisotopic (exact) mass is 292 g/mol. The van der Waals surface area contributed by atoms with E-state index in [-0.39, 0.29) is 17.9 Å². The van der Waals surface area contributed by atoms with Gasteiger partial charge in [-0.3, -0.25) is 9.59 Å². The molecule has 114 valence electrons. The van der Waals surface area contributed by atoms with Crippen molar-refractivity contribution in [1.82, 2.24) is 10.2 Å². The third-order valence-corrected chi connectivity index (χ3v) is 3.73. The topological polar surface area (TPSA) is 49.4 Å². The zero-order valence-electron chi connectivity index (χ0n) is 12.3. The molecule has 1 fully saturated rings. The molecule has 21 heavy (non-hydrogen) atoms. The lowest BCUT2D eigenvalue weighted by molar-refractivity contribution is -0.132. The Bertz CT molecular complexity index is 511. The van der Waals surface area contributed by atoms with E-state index in [1.54, 1.807) is 6.07 Å². The third-order valence-electron chi connectivity index (χ3n) is 3.73. The van der Waals surface area contributed by atoms with E-state index in [0.717, 1.165) is 19.3 Å². The van der Waals surface area contributed by atoms with Gasteiger partial charge in [0, 0.05) is 31.1 Å². The van der Waals surface area contributed by atoms with Crippen LogP contribution >= 0.6 is 0 Å². The predicted molar refractivity (Wildman–Crippen MR) is 78.4 cm³/mol. The maximum atomic E-state index is 13.1. The van der Waals surface area contributed by atoms with Crippen LogP contribution in [0.5, 0.6) is 0 Å². The second-order valence-electron chi connectivity index (χ2n) is 5.39. The molecule has 1 aromatic rings. The van der Waals surface area contributed by atoms with Crippen LogP contribution in [0.25, 0.3) is 0 Å². The lowest BCUT2D eigenvalue weighted by atomic mass is 10.0. The van der Waals surface area contributed by atoms with E-state index in [0.29, 0.717) is 25.1 Å². The van der Waals surface area contributed by atoms with Crippen molar-refractivity contribution < 1.29 is 14.0 Å². The van der Waals surface area contributed by atoms with Crippen LogP contribution in [0.4, 0.5) is 4.39 Å². The van der Waals surface area contributed by atoms with E-state index < -0.39 is 5.82 Å². The molecule has 2 rings (SSSR count). The number of amides is 2. The summed E-state index contributed by atoms with van der Waals surface area (Å²) in [5.74, 6) is -0.483. The quantitative estimate of drug-likeness (QED) is 0.926. The van der Waals surface area contributed by atoms with Crippen LogP contribution in [0, 0.1) is 5.82 Å². The Hall–Kier alpha value is -1.91. The number of hydrogen-bond acceptors (Lipinski definition) is 2. The van der Waals surface area contributed by atoms with Crippen LogP contribution in [0.1, 0.15) is 43.0 Å². The van der Waals surface area contributed by atoms with Crippen molar-refractivity contribution in [1.29, 1.82) is 0 Å². The smallest absolute Gasteiger partial charge is 0.251 e. The average Bonchev–Trinajstić information content (AvgIpc) is 2.48. The summed E-state index contributed by atoms with van der Waals surface area (Å²) >= 11 is 0. The second kappa shape index (κ2) is 7.20. The number of benzene rings is 1. The first-order valence-electron chi connectivity index (χ1n) is 7.44. The molecule has 0 aliphatic carbocycles. The number of likely N-dealkylation sites (tertiary alicyclic amines) is 1. The zero-order valence-corrected chi connectivity index (χ0v) is 12.3. The normalized spacial score (nSPS) is 15.8. The summed E-state index contributed by atoms with van der Waals surface area (Å²) in [5, 5.41) is 2.91. The number of nitrogens with zero attached hydrogens (tertiary/aromatic N) is 1. The van der Waals surface area contributed by atoms with Crippen LogP contribution < -0.4 is 5.32 Å². The van der Waals surface area contributed by atoms with Gasteiger partial charge >= 0.3 is 0 Å². The number of carbonyl (C=O) groups excluding carboxylic acids is 2. The number of nitrogens with one attached hydrogen (secondary N) is 1. The van der Waals surface area contributed by atoms with E-state index in [1.807, 2.05) is 11.8 Å². The predicted octanol–water partition coefficient (Wildman–Crippen LogP) is 2.35. The van der Waals surface area contributed by atoms with Crippen molar-refractivity contribution >= 4 is 11.8 Å². The Morgan fingerprint density at radius 2 is 2.05 bits per heavy atom. The van der Waals surface area contributed by atoms with Crippen LogP contribution in [0.2, 0.25) is 0 Å². The van der Waals surface area contributed by atoms with Gasteiger partial charge in [-0.05, 0) is 37.5 Å². The maximum Gasteiger partial charge on any atom is 0.251 e. The Morgan fingerprint density at radius 3 is 2.67 bits per heavy atom. The highest BCUT2D eigenvalue weighted by atomic mass is 19.1. The molecule has 0 radical (unpaired) electrons. The third kappa shape index (κ3) is 4.28. The average molecular weight is 292 g/mol. The van der Waals surface area contributed by atoms with Crippen molar-refractivity contribution in [2.75, 3.05) is 13.1 Å². The number of carbonyl (C=O) groups is 2. The van der Waals surface area contributed by atoms with E-state index in [9.17, 15) is 14.0 Å². The molecule has 1 aliphatic heterocycles. The number of rotatable bonds is 4. The van der Waals surface area contributed by atoms with Gasteiger partial charge in [0.1, 0.15) is 5.82 Å². The molecule has 0 unspecified atom stereocenters. The van der Waals surface area contributed by atoms with E-state index in [2.05, 4.69) is 5.32 Å². The molecule has 1 aliphatic rings. The molecule has 0 bridgehead atoms. The van der Waals surface area contributed by atoms with Crippen LogP contribution in [0.15, 0.2) is 24.3 Å². The van der Waals surface area contributed by atoms with Crippen LogP contribution in [-0.2, 0) is 4.79 Å². The van der Waals surface area contributed by atoms with Crippen molar-refractivity contribution in [3.05, 3.63) is 35.6 Å². The van der Waals surface area contributed by atoms with Crippen LogP contribution in [0.3, 0.4) is 0 Å². The molecule has 5 heteroatoms. The maximum absolute atomic E-state index is 13.1. The fraction of sp³-hybridized carbons (Fsp3) is 0.500. The Kier molecular flexibility index (Phi) is 5.31. The Balaban J connectivity index is 1.83. The SMILES string of the molecule is CCCC(=O)N1CCC(NC(=O)c2cccc(F)c2)CC1. The van der Waals surface area contributed by atoms with Gasteiger partial charge in [-0.25, -0.2) is 4.39 Å². The zero-order chi connectivity index (χ0) is 15.2. The lowest BCUT2D eigenvalue weighted by Gasteiger charge is -2.32. The molecule has 4 nitrogen and oxygen atoms in total. The van der Waals surface area contributed by atoms with Gasteiger partial charge in [-0.1, -0.05) is 13.0 Å².